The molecule has 0 radical (unpaired) electrons. The molecular formula is C22H22N2O7. The lowest BCUT2D eigenvalue weighted by atomic mass is 10.0. The van der Waals surface area contributed by atoms with Crippen LogP contribution < -0.4 is 10.1 Å². The molecule has 0 unspecified atom stereocenters. The standard InChI is InChI=1S/C22H22N2O7/c1-3-30-19(10-11-20(26)27)21(15-6-9-18(29-2)17(25)12-15)31-22(28)24-16-7-4-14(13-23)5-8-16/h4-12,19,21,25H,3H2,1-2H3,(H,24,28)(H,26,27)/b11-10+/t19-,21-/m0/s1. The summed E-state index contributed by atoms with van der Waals surface area (Å²) in [6, 6.07) is 12.5. The van der Waals surface area contributed by atoms with E-state index in [0.717, 1.165) is 6.08 Å². The van der Waals surface area contributed by atoms with Gasteiger partial charge in [0.2, 0.25) is 0 Å². The number of benzene rings is 2. The maximum absolute atomic E-state index is 12.5. The van der Waals surface area contributed by atoms with Gasteiger partial charge >= 0.3 is 12.1 Å². The minimum absolute atomic E-state index is 0.182. The molecular weight excluding hydrogens is 404 g/mol. The van der Waals surface area contributed by atoms with Gasteiger partial charge in [-0.15, -0.1) is 0 Å². The molecule has 0 saturated heterocycles. The summed E-state index contributed by atoms with van der Waals surface area (Å²) >= 11 is 0. The highest BCUT2D eigenvalue weighted by molar-refractivity contribution is 5.85. The molecule has 0 fully saturated rings. The number of nitrogens with zero attached hydrogens (tertiary/aromatic N) is 1. The maximum Gasteiger partial charge on any atom is 0.412 e. The number of carbonyl (C=O) groups is 2. The first-order valence-corrected chi connectivity index (χ1v) is 9.25. The minimum atomic E-state index is -1.19. The first-order chi connectivity index (χ1) is 14.9. The topological polar surface area (TPSA) is 138 Å². The number of phenols is 1. The van der Waals surface area contributed by atoms with E-state index in [1.54, 1.807) is 25.1 Å². The lowest BCUT2D eigenvalue weighted by Gasteiger charge is -2.25. The highest BCUT2D eigenvalue weighted by Crippen LogP contribution is 2.33. The van der Waals surface area contributed by atoms with Gasteiger partial charge in [-0.1, -0.05) is 6.07 Å². The number of nitriles is 1. The molecule has 0 heterocycles. The van der Waals surface area contributed by atoms with Crippen LogP contribution in [0.3, 0.4) is 0 Å². The number of anilines is 1. The molecule has 0 aliphatic rings. The van der Waals surface area contributed by atoms with Crippen LogP contribution in [0.4, 0.5) is 10.5 Å². The molecule has 162 valence electrons. The SMILES string of the molecule is CCO[C@@H](/C=C/C(=O)O)[C@@H](OC(=O)Nc1ccc(C#N)cc1)c1ccc(OC)c(O)c1. The summed E-state index contributed by atoms with van der Waals surface area (Å²) in [6.07, 6.45) is -0.712. The van der Waals surface area contributed by atoms with E-state index < -0.39 is 24.3 Å². The van der Waals surface area contributed by atoms with Crippen molar-refractivity contribution in [3.63, 3.8) is 0 Å². The van der Waals surface area contributed by atoms with Crippen LogP contribution in [0.15, 0.2) is 54.6 Å². The monoisotopic (exact) mass is 426 g/mol. The van der Waals surface area contributed by atoms with Gasteiger partial charge in [0.25, 0.3) is 0 Å². The van der Waals surface area contributed by atoms with Gasteiger partial charge in [-0.3, -0.25) is 5.32 Å². The summed E-state index contributed by atoms with van der Waals surface area (Å²) in [6.45, 7) is 1.93. The fourth-order valence-corrected chi connectivity index (χ4v) is 2.71. The Hall–Kier alpha value is -4.03. The average molecular weight is 426 g/mol. The quantitative estimate of drug-likeness (QED) is 0.517. The van der Waals surface area contributed by atoms with Gasteiger partial charge in [-0.25, -0.2) is 9.59 Å². The summed E-state index contributed by atoms with van der Waals surface area (Å²) in [7, 11) is 1.40. The third-order valence-electron chi connectivity index (χ3n) is 4.11. The zero-order valence-corrected chi connectivity index (χ0v) is 16.9. The first kappa shape index (κ1) is 23.3. The van der Waals surface area contributed by atoms with Crippen LogP contribution in [-0.4, -0.2) is 42.1 Å². The van der Waals surface area contributed by atoms with Crippen LogP contribution in [0, 0.1) is 11.3 Å². The van der Waals surface area contributed by atoms with Gasteiger partial charge in [0, 0.05) is 18.4 Å². The van der Waals surface area contributed by atoms with E-state index in [-0.39, 0.29) is 18.1 Å². The van der Waals surface area contributed by atoms with Crippen LogP contribution in [0.25, 0.3) is 0 Å². The van der Waals surface area contributed by atoms with Crippen molar-refractivity contribution in [2.24, 2.45) is 0 Å². The predicted octanol–water partition coefficient (Wildman–Crippen LogP) is 3.61. The highest BCUT2D eigenvalue weighted by atomic mass is 16.6. The molecule has 2 aromatic carbocycles. The van der Waals surface area contributed by atoms with E-state index in [2.05, 4.69) is 5.32 Å². The number of nitrogens with one attached hydrogen (secondary N) is 1. The molecule has 2 rings (SSSR count). The van der Waals surface area contributed by atoms with Crippen molar-refractivity contribution in [2.45, 2.75) is 19.1 Å². The van der Waals surface area contributed by atoms with Crippen LogP contribution in [0.2, 0.25) is 0 Å². The van der Waals surface area contributed by atoms with Crippen molar-refractivity contribution in [1.29, 1.82) is 5.26 Å². The van der Waals surface area contributed by atoms with Crippen molar-refractivity contribution >= 4 is 17.7 Å². The molecule has 31 heavy (non-hydrogen) atoms. The number of methoxy groups -OCH3 is 1. The molecule has 9 heteroatoms. The normalized spacial score (nSPS) is 12.5. The highest BCUT2D eigenvalue weighted by Gasteiger charge is 2.27. The summed E-state index contributed by atoms with van der Waals surface area (Å²) in [5, 5.41) is 30.5. The number of carbonyl (C=O) groups excluding carboxylic acids is 1. The van der Waals surface area contributed by atoms with Gasteiger partial charge < -0.3 is 24.4 Å². The third kappa shape index (κ3) is 6.76. The molecule has 9 nitrogen and oxygen atoms in total. The summed E-state index contributed by atoms with van der Waals surface area (Å²) in [4.78, 5) is 23.5. The number of carboxylic acid groups (broad SMARTS) is 1. The van der Waals surface area contributed by atoms with Crippen LogP contribution in [0.1, 0.15) is 24.2 Å². The number of phenolic OH excluding ortho intramolecular Hbond substituents is 1. The summed E-state index contributed by atoms with van der Waals surface area (Å²) in [5.74, 6) is -1.15. The van der Waals surface area contributed by atoms with Gasteiger partial charge in [0.15, 0.2) is 17.6 Å². The number of rotatable bonds is 9. The fraction of sp³-hybridized carbons (Fsp3) is 0.227. The van der Waals surface area contributed by atoms with Gasteiger partial charge in [0.1, 0.15) is 6.10 Å². The van der Waals surface area contributed by atoms with Crippen molar-refractivity contribution < 1.29 is 34.0 Å². The Labute approximate surface area is 179 Å². The maximum atomic E-state index is 12.5. The van der Waals surface area contributed by atoms with Gasteiger partial charge in [-0.2, -0.15) is 5.26 Å². The van der Waals surface area contributed by atoms with Crippen LogP contribution >= 0.6 is 0 Å². The second-order valence-electron chi connectivity index (χ2n) is 6.19. The minimum Gasteiger partial charge on any atom is -0.504 e. The zero-order chi connectivity index (χ0) is 22.8. The molecule has 0 aromatic heterocycles. The molecule has 3 N–H and O–H groups in total. The largest absolute Gasteiger partial charge is 0.504 e. The van der Waals surface area contributed by atoms with E-state index >= 15 is 0 Å². The second kappa shape index (κ2) is 11.2. The number of aromatic hydroxyl groups is 1. The van der Waals surface area contributed by atoms with Crippen molar-refractivity contribution in [1.82, 2.24) is 0 Å². The number of hydrogen-bond donors (Lipinski definition) is 3. The number of ether oxygens (including phenoxy) is 3. The lowest BCUT2D eigenvalue weighted by molar-refractivity contribution is -0.131. The molecule has 0 aliphatic carbocycles. The van der Waals surface area contributed by atoms with E-state index in [9.17, 15) is 14.7 Å². The van der Waals surface area contributed by atoms with E-state index in [1.807, 2.05) is 6.07 Å². The number of amides is 1. The molecule has 1 amide bonds. The first-order valence-electron chi connectivity index (χ1n) is 9.25. The zero-order valence-electron chi connectivity index (χ0n) is 16.9. The van der Waals surface area contributed by atoms with E-state index in [4.69, 9.17) is 24.6 Å². The fourth-order valence-electron chi connectivity index (χ4n) is 2.71. The Morgan fingerprint density at radius 2 is 1.94 bits per heavy atom. The molecule has 0 spiro atoms. The van der Waals surface area contributed by atoms with E-state index in [0.29, 0.717) is 16.8 Å². The average Bonchev–Trinajstić information content (AvgIpc) is 2.75. The summed E-state index contributed by atoms with van der Waals surface area (Å²) < 4.78 is 16.1. The number of hydrogen-bond acceptors (Lipinski definition) is 7. The van der Waals surface area contributed by atoms with Crippen LogP contribution in [0.5, 0.6) is 11.5 Å². The smallest absolute Gasteiger partial charge is 0.412 e. The van der Waals surface area contributed by atoms with Gasteiger partial charge in [0.05, 0.1) is 18.7 Å². The molecule has 0 aliphatic heterocycles. The second-order valence-corrected chi connectivity index (χ2v) is 6.19. The van der Waals surface area contributed by atoms with Crippen molar-refractivity contribution in [3.05, 3.63) is 65.7 Å². The molecule has 2 aromatic rings. The Kier molecular flexibility index (Phi) is 8.42. The predicted molar refractivity (Wildman–Crippen MR) is 111 cm³/mol. The van der Waals surface area contributed by atoms with E-state index in [1.165, 1.54) is 37.5 Å². The van der Waals surface area contributed by atoms with Gasteiger partial charge in [-0.05, 0) is 55.0 Å². The number of carboxylic acids is 1. The molecule has 2 atom stereocenters. The van der Waals surface area contributed by atoms with Crippen LogP contribution in [-0.2, 0) is 14.3 Å². The van der Waals surface area contributed by atoms with Crippen molar-refractivity contribution in [2.75, 3.05) is 19.0 Å². The number of aliphatic carboxylic acids is 1. The Bertz CT molecular complexity index is 980. The molecule has 0 saturated carbocycles. The summed E-state index contributed by atoms with van der Waals surface area (Å²) in [5.41, 5.74) is 1.19. The Balaban J connectivity index is 2.32. The molecule has 0 bridgehead atoms. The van der Waals surface area contributed by atoms with Crippen molar-refractivity contribution in [3.8, 4) is 17.6 Å². The Morgan fingerprint density at radius 3 is 2.48 bits per heavy atom. The lowest BCUT2D eigenvalue weighted by Crippen LogP contribution is -2.28. The Morgan fingerprint density at radius 1 is 1.23 bits per heavy atom. The third-order valence-corrected chi connectivity index (χ3v) is 4.11.